The van der Waals surface area contributed by atoms with E-state index in [4.69, 9.17) is 19.3 Å². The van der Waals surface area contributed by atoms with Crippen LogP contribution in [-0.4, -0.2) is 35.8 Å². The van der Waals surface area contributed by atoms with E-state index < -0.39 is 24.8 Å². The van der Waals surface area contributed by atoms with Crippen molar-refractivity contribution in [2.24, 2.45) is 0 Å². The number of carboxylic acid groups (broad SMARTS) is 1. The van der Waals surface area contributed by atoms with E-state index in [0.717, 1.165) is 5.56 Å². The molecule has 2 unspecified atom stereocenters. The lowest BCUT2D eigenvalue weighted by atomic mass is 10.1. The molecule has 0 saturated carbocycles. The van der Waals surface area contributed by atoms with Gasteiger partial charge in [0.25, 0.3) is 5.91 Å². The van der Waals surface area contributed by atoms with Gasteiger partial charge in [-0.25, -0.2) is 4.79 Å². The lowest BCUT2D eigenvalue weighted by Gasteiger charge is -2.31. The van der Waals surface area contributed by atoms with Crippen LogP contribution >= 0.6 is 0 Å². The normalized spacial score (nSPS) is 18.1. The molecule has 1 amide bonds. The Bertz CT molecular complexity index is 835. The lowest BCUT2D eigenvalue weighted by molar-refractivity contribution is -0.139. The molecule has 0 saturated heterocycles. The maximum Gasteiger partial charge on any atom is 0.341 e. The van der Waals surface area contributed by atoms with Crippen LogP contribution in [0.4, 0.5) is 5.69 Å². The van der Waals surface area contributed by atoms with Crippen LogP contribution in [0.15, 0.2) is 42.5 Å². The van der Waals surface area contributed by atoms with Crippen LogP contribution in [0.25, 0.3) is 0 Å². The molecule has 0 spiro atoms. The monoisotopic (exact) mass is 357 g/mol. The number of nitrogens with one attached hydrogen (secondary N) is 1. The number of amides is 1. The van der Waals surface area contributed by atoms with Gasteiger partial charge in [-0.3, -0.25) is 4.79 Å². The standard InChI is InChI=1S/C19H19NO6/c1-11-9-13(24-10-17(21)22)7-8-14(11)20-19(23)18-12(2)25-15-5-3-4-6-16(15)26-18/h3-9,12,18H,10H2,1-2H3,(H,20,23)(H,21,22). The number of fused-ring (bicyclic) bond motifs is 1. The van der Waals surface area contributed by atoms with Gasteiger partial charge in [0.1, 0.15) is 11.9 Å². The zero-order chi connectivity index (χ0) is 18.7. The zero-order valence-electron chi connectivity index (χ0n) is 14.4. The van der Waals surface area contributed by atoms with Crippen molar-refractivity contribution < 1.29 is 28.9 Å². The molecule has 136 valence electrons. The van der Waals surface area contributed by atoms with Crippen LogP contribution in [0.2, 0.25) is 0 Å². The predicted octanol–water partition coefficient (Wildman–Crippen LogP) is 2.63. The van der Waals surface area contributed by atoms with Crippen molar-refractivity contribution in [2.45, 2.75) is 26.1 Å². The molecule has 1 heterocycles. The molecule has 2 aromatic rings. The number of carbonyl (C=O) groups is 2. The highest BCUT2D eigenvalue weighted by atomic mass is 16.6. The SMILES string of the molecule is Cc1cc(OCC(=O)O)ccc1NC(=O)C1Oc2ccccc2OC1C. The Hall–Kier alpha value is -3.22. The third kappa shape index (κ3) is 3.88. The maximum absolute atomic E-state index is 12.6. The first-order valence-electron chi connectivity index (χ1n) is 8.12. The number of rotatable bonds is 5. The van der Waals surface area contributed by atoms with Crippen LogP contribution in [-0.2, 0) is 9.59 Å². The quantitative estimate of drug-likeness (QED) is 0.854. The molecule has 1 aliphatic rings. The molecular formula is C19H19NO6. The molecule has 0 radical (unpaired) electrons. The highest BCUT2D eigenvalue weighted by Gasteiger charge is 2.34. The minimum atomic E-state index is -1.05. The van der Waals surface area contributed by atoms with Gasteiger partial charge in [0, 0.05) is 5.69 Å². The van der Waals surface area contributed by atoms with Gasteiger partial charge in [0.15, 0.2) is 18.1 Å². The molecule has 0 aromatic heterocycles. The lowest BCUT2D eigenvalue weighted by Crippen LogP contribution is -2.46. The number of benzene rings is 2. The number of ether oxygens (including phenoxy) is 3. The molecule has 7 nitrogen and oxygen atoms in total. The number of para-hydroxylation sites is 2. The van der Waals surface area contributed by atoms with E-state index in [1.165, 1.54) is 0 Å². The first kappa shape index (κ1) is 17.6. The minimum Gasteiger partial charge on any atom is -0.482 e. The molecule has 3 rings (SSSR count). The average Bonchev–Trinajstić information content (AvgIpc) is 2.61. The molecule has 26 heavy (non-hydrogen) atoms. The molecule has 0 bridgehead atoms. The summed E-state index contributed by atoms with van der Waals surface area (Å²) in [5.41, 5.74) is 1.33. The van der Waals surface area contributed by atoms with Crippen molar-refractivity contribution in [1.82, 2.24) is 0 Å². The van der Waals surface area contributed by atoms with Gasteiger partial charge in [0.2, 0.25) is 6.10 Å². The van der Waals surface area contributed by atoms with Crippen LogP contribution in [0.3, 0.4) is 0 Å². The summed E-state index contributed by atoms with van der Waals surface area (Å²) in [6.45, 7) is 3.14. The highest BCUT2D eigenvalue weighted by molar-refractivity contribution is 5.95. The van der Waals surface area contributed by atoms with E-state index in [1.54, 1.807) is 44.2 Å². The summed E-state index contributed by atoms with van der Waals surface area (Å²) in [6.07, 6.45) is -1.23. The number of aryl methyl sites for hydroxylation is 1. The molecule has 0 aliphatic carbocycles. The third-order valence-electron chi connectivity index (χ3n) is 3.92. The van der Waals surface area contributed by atoms with Crippen LogP contribution in [0.1, 0.15) is 12.5 Å². The summed E-state index contributed by atoms with van der Waals surface area (Å²) in [6, 6.07) is 12.1. The third-order valence-corrected chi connectivity index (χ3v) is 3.92. The van der Waals surface area contributed by atoms with Crippen molar-refractivity contribution in [3.63, 3.8) is 0 Å². The second kappa shape index (κ2) is 7.35. The Morgan fingerprint density at radius 3 is 2.50 bits per heavy atom. The van der Waals surface area contributed by atoms with Crippen LogP contribution in [0, 0.1) is 6.92 Å². The smallest absolute Gasteiger partial charge is 0.341 e. The summed E-state index contributed by atoms with van der Waals surface area (Å²) in [5, 5.41) is 11.5. The van der Waals surface area contributed by atoms with Gasteiger partial charge in [-0.05, 0) is 49.7 Å². The fourth-order valence-electron chi connectivity index (χ4n) is 2.62. The van der Waals surface area contributed by atoms with E-state index in [0.29, 0.717) is 22.9 Å². The van der Waals surface area contributed by atoms with Gasteiger partial charge in [-0.1, -0.05) is 12.1 Å². The number of hydrogen-bond acceptors (Lipinski definition) is 5. The van der Waals surface area contributed by atoms with E-state index >= 15 is 0 Å². The fraction of sp³-hybridized carbons (Fsp3) is 0.263. The maximum atomic E-state index is 12.6. The van der Waals surface area contributed by atoms with Gasteiger partial charge < -0.3 is 24.6 Å². The van der Waals surface area contributed by atoms with Gasteiger partial charge in [-0.2, -0.15) is 0 Å². The molecule has 7 heteroatoms. The van der Waals surface area contributed by atoms with Gasteiger partial charge >= 0.3 is 5.97 Å². The Labute approximate surface area is 150 Å². The van der Waals surface area contributed by atoms with Gasteiger partial charge in [-0.15, -0.1) is 0 Å². The number of aliphatic carboxylic acids is 1. The minimum absolute atomic E-state index is 0.325. The molecule has 2 N–H and O–H groups in total. The van der Waals surface area contributed by atoms with E-state index in [9.17, 15) is 9.59 Å². The van der Waals surface area contributed by atoms with Crippen LogP contribution in [0.5, 0.6) is 17.2 Å². The van der Waals surface area contributed by atoms with Crippen LogP contribution < -0.4 is 19.5 Å². The Kier molecular flexibility index (Phi) is 4.97. The highest BCUT2D eigenvalue weighted by Crippen LogP contribution is 2.34. The summed E-state index contributed by atoms with van der Waals surface area (Å²) in [4.78, 5) is 23.2. The second-order valence-electron chi connectivity index (χ2n) is 5.96. The summed E-state index contributed by atoms with van der Waals surface area (Å²) in [7, 11) is 0. The molecule has 2 aromatic carbocycles. The van der Waals surface area contributed by atoms with Crippen molar-refractivity contribution in [1.29, 1.82) is 0 Å². The first-order chi connectivity index (χ1) is 12.4. The summed E-state index contributed by atoms with van der Waals surface area (Å²) >= 11 is 0. The largest absolute Gasteiger partial charge is 0.482 e. The number of hydrogen-bond donors (Lipinski definition) is 2. The van der Waals surface area contributed by atoms with E-state index in [2.05, 4.69) is 5.32 Å². The number of carbonyl (C=O) groups excluding carboxylic acids is 1. The zero-order valence-corrected chi connectivity index (χ0v) is 14.4. The molecule has 2 atom stereocenters. The molecular weight excluding hydrogens is 338 g/mol. The first-order valence-corrected chi connectivity index (χ1v) is 8.12. The summed E-state index contributed by atoms with van der Waals surface area (Å²) < 4.78 is 16.6. The predicted molar refractivity (Wildman–Crippen MR) is 93.9 cm³/mol. The Balaban J connectivity index is 1.69. The number of anilines is 1. The second-order valence-corrected chi connectivity index (χ2v) is 5.96. The Morgan fingerprint density at radius 1 is 1.15 bits per heavy atom. The molecule has 0 fully saturated rings. The number of carboxylic acids is 1. The fourth-order valence-corrected chi connectivity index (χ4v) is 2.62. The van der Waals surface area contributed by atoms with Crippen molar-refractivity contribution in [3.8, 4) is 17.2 Å². The van der Waals surface area contributed by atoms with E-state index in [1.807, 2.05) is 12.1 Å². The van der Waals surface area contributed by atoms with Crippen molar-refractivity contribution >= 4 is 17.6 Å². The Morgan fingerprint density at radius 2 is 1.85 bits per heavy atom. The van der Waals surface area contributed by atoms with Crippen molar-refractivity contribution in [3.05, 3.63) is 48.0 Å². The molecule has 1 aliphatic heterocycles. The van der Waals surface area contributed by atoms with E-state index in [-0.39, 0.29) is 5.91 Å². The van der Waals surface area contributed by atoms with Crippen molar-refractivity contribution in [2.75, 3.05) is 11.9 Å². The average molecular weight is 357 g/mol. The summed E-state index contributed by atoms with van der Waals surface area (Å²) in [5.74, 6) is 0.181. The van der Waals surface area contributed by atoms with Gasteiger partial charge in [0.05, 0.1) is 0 Å². The topological polar surface area (TPSA) is 94.1 Å².